The third kappa shape index (κ3) is 2.38. The number of nitrogens with zero attached hydrogens (tertiary/aromatic N) is 2. The largest absolute Gasteiger partial charge is 0.478 e. The average Bonchev–Trinajstić information content (AvgIpc) is 2.88. The molecule has 1 aromatic heterocycles. The van der Waals surface area contributed by atoms with Gasteiger partial charge in [-0.1, -0.05) is 24.3 Å². The molecule has 0 saturated carbocycles. The Kier molecular flexibility index (Phi) is 3.07. The first kappa shape index (κ1) is 12.0. The van der Waals surface area contributed by atoms with Crippen LogP contribution in [0, 0.1) is 0 Å². The summed E-state index contributed by atoms with van der Waals surface area (Å²) in [7, 11) is 0. The number of rotatable bonds is 3. The number of aromatic nitrogens is 2. The van der Waals surface area contributed by atoms with Gasteiger partial charge in [-0.25, -0.2) is 4.79 Å². The van der Waals surface area contributed by atoms with Gasteiger partial charge in [0.25, 0.3) is 0 Å². The molecule has 1 unspecified atom stereocenters. The predicted molar refractivity (Wildman–Crippen MR) is 71.3 cm³/mol. The van der Waals surface area contributed by atoms with Gasteiger partial charge >= 0.3 is 5.97 Å². The van der Waals surface area contributed by atoms with Gasteiger partial charge in [-0.2, -0.15) is 5.10 Å². The Bertz CT molecular complexity index is 604. The van der Waals surface area contributed by atoms with Crippen LogP contribution in [0.25, 0.3) is 0 Å². The second kappa shape index (κ2) is 4.88. The monoisotopic (exact) mass is 256 g/mol. The molecule has 0 bridgehead atoms. The van der Waals surface area contributed by atoms with Crippen molar-refractivity contribution in [2.75, 3.05) is 0 Å². The molecule has 0 radical (unpaired) electrons. The molecule has 1 aliphatic rings. The lowest BCUT2D eigenvalue weighted by Gasteiger charge is -2.25. The van der Waals surface area contributed by atoms with Crippen LogP contribution >= 0.6 is 0 Å². The second-order valence-corrected chi connectivity index (χ2v) is 5.04. The summed E-state index contributed by atoms with van der Waals surface area (Å²) < 4.78 is 1.75. The molecular weight excluding hydrogens is 240 g/mol. The van der Waals surface area contributed by atoms with Crippen LogP contribution in [-0.2, 0) is 13.0 Å². The predicted octanol–water partition coefficient (Wildman–Crippen LogP) is 2.70. The van der Waals surface area contributed by atoms with Gasteiger partial charge in [-0.15, -0.1) is 0 Å². The van der Waals surface area contributed by atoms with E-state index in [1.54, 1.807) is 10.9 Å². The molecule has 1 aromatic carbocycles. The van der Waals surface area contributed by atoms with E-state index in [4.69, 9.17) is 5.11 Å². The Morgan fingerprint density at radius 3 is 3.05 bits per heavy atom. The summed E-state index contributed by atoms with van der Waals surface area (Å²) in [5.41, 5.74) is 3.06. The Balaban J connectivity index is 1.82. The fourth-order valence-corrected chi connectivity index (χ4v) is 2.84. The number of aryl methyl sites for hydroxylation is 1. The average molecular weight is 256 g/mol. The smallest absolute Gasteiger partial charge is 0.338 e. The normalized spacial score (nSPS) is 18.0. The second-order valence-electron chi connectivity index (χ2n) is 5.04. The minimum absolute atomic E-state index is 0.254. The Labute approximate surface area is 111 Å². The Hall–Kier alpha value is -2.10. The highest BCUT2D eigenvalue weighted by molar-refractivity contribution is 5.86. The highest BCUT2D eigenvalue weighted by atomic mass is 16.4. The number of aromatic carboxylic acids is 1. The summed E-state index contributed by atoms with van der Waals surface area (Å²) in [6.45, 7) is 0.754. The molecule has 0 saturated heterocycles. The van der Waals surface area contributed by atoms with Gasteiger partial charge in [-0.3, -0.25) is 4.68 Å². The molecular formula is C15H16N2O2. The summed E-state index contributed by atoms with van der Waals surface area (Å²) in [4.78, 5) is 10.9. The molecule has 2 aromatic rings. The summed E-state index contributed by atoms with van der Waals surface area (Å²) >= 11 is 0. The van der Waals surface area contributed by atoms with Gasteiger partial charge in [0.1, 0.15) is 0 Å². The van der Waals surface area contributed by atoms with Crippen LogP contribution in [0.3, 0.4) is 0 Å². The first-order valence-corrected chi connectivity index (χ1v) is 6.57. The van der Waals surface area contributed by atoms with E-state index < -0.39 is 5.97 Å². The van der Waals surface area contributed by atoms with Gasteiger partial charge < -0.3 is 5.11 Å². The first-order valence-electron chi connectivity index (χ1n) is 6.57. The quantitative estimate of drug-likeness (QED) is 0.918. The van der Waals surface area contributed by atoms with E-state index in [-0.39, 0.29) is 5.56 Å². The lowest BCUT2D eigenvalue weighted by Crippen LogP contribution is -2.15. The topological polar surface area (TPSA) is 55.1 Å². The van der Waals surface area contributed by atoms with Crippen LogP contribution in [0.1, 0.15) is 40.2 Å². The van der Waals surface area contributed by atoms with Crippen LogP contribution in [0.5, 0.6) is 0 Å². The van der Waals surface area contributed by atoms with Crippen molar-refractivity contribution in [3.63, 3.8) is 0 Å². The number of hydrogen-bond donors (Lipinski definition) is 1. The minimum atomic E-state index is -0.921. The van der Waals surface area contributed by atoms with E-state index in [0.29, 0.717) is 5.92 Å². The third-order valence-corrected chi connectivity index (χ3v) is 3.78. The zero-order valence-corrected chi connectivity index (χ0v) is 10.6. The molecule has 19 heavy (non-hydrogen) atoms. The maximum Gasteiger partial charge on any atom is 0.338 e. The van der Waals surface area contributed by atoms with Crippen molar-refractivity contribution in [3.8, 4) is 0 Å². The molecule has 0 fully saturated rings. The van der Waals surface area contributed by atoms with Crippen LogP contribution < -0.4 is 0 Å². The van der Waals surface area contributed by atoms with Crippen molar-refractivity contribution in [2.24, 2.45) is 0 Å². The van der Waals surface area contributed by atoms with Crippen LogP contribution in [-0.4, -0.2) is 20.9 Å². The van der Waals surface area contributed by atoms with Crippen LogP contribution in [0.15, 0.2) is 36.7 Å². The van der Waals surface area contributed by atoms with Crippen molar-refractivity contribution >= 4 is 5.97 Å². The summed E-state index contributed by atoms with van der Waals surface area (Å²) in [5, 5.41) is 13.0. The first-order chi connectivity index (χ1) is 9.24. The zero-order valence-electron chi connectivity index (χ0n) is 10.6. The van der Waals surface area contributed by atoms with Crippen molar-refractivity contribution in [1.82, 2.24) is 9.78 Å². The fourth-order valence-electron chi connectivity index (χ4n) is 2.84. The Morgan fingerprint density at radius 1 is 1.42 bits per heavy atom. The summed E-state index contributed by atoms with van der Waals surface area (Å²) in [5.74, 6) is -0.484. The van der Waals surface area contributed by atoms with Crippen LogP contribution in [0.4, 0.5) is 0 Å². The molecule has 0 spiro atoms. The van der Waals surface area contributed by atoms with Gasteiger partial charge in [0.05, 0.1) is 11.8 Å². The van der Waals surface area contributed by atoms with Crippen LogP contribution in [0.2, 0.25) is 0 Å². The lowest BCUT2D eigenvalue weighted by molar-refractivity contribution is 0.0696. The number of fused-ring (bicyclic) bond motifs is 1. The molecule has 0 amide bonds. The lowest BCUT2D eigenvalue weighted by atomic mass is 9.83. The molecule has 3 rings (SSSR count). The summed E-state index contributed by atoms with van der Waals surface area (Å²) in [6, 6.07) is 8.52. The van der Waals surface area contributed by atoms with Gasteiger partial charge in [0.2, 0.25) is 0 Å². The number of benzene rings is 1. The van der Waals surface area contributed by atoms with Gasteiger partial charge in [0, 0.05) is 18.7 Å². The number of carbonyl (C=O) groups is 1. The molecule has 4 nitrogen and oxygen atoms in total. The highest BCUT2D eigenvalue weighted by Crippen LogP contribution is 2.32. The van der Waals surface area contributed by atoms with Crippen molar-refractivity contribution in [2.45, 2.75) is 31.7 Å². The molecule has 1 atom stereocenters. The molecule has 98 valence electrons. The van der Waals surface area contributed by atoms with E-state index in [9.17, 15) is 4.79 Å². The maximum atomic E-state index is 10.9. The molecule has 0 aliphatic heterocycles. The van der Waals surface area contributed by atoms with Gasteiger partial charge in [0.15, 0.2) is 0 Å². The van der Waals surface area contributed by atoms with Crippen molar-refractivity contribution in [1.29, 1.82) is 0 Å². The molecule has 1 aliphatic carbocycles. The molecule has 1 N–H and O–H groups in total. The SMILES string of the molecule is O=C(O)c1cnn(CC2CCCc3ccccc32)c1. The highest BCUT2D eigenvalue weighted by Gasteiger charge is 2.20. The maximum absolute atomic E-state index is 10.9. The van der Waals surface area contributed by atoms with E-state index in [1.807, 2.05) is 0 Å². The number of carboxylic acids is 1. The fraction of sp³-hybridized carbons (Fsp3) is 0.333. The van der Waals surface area contributed by atoms with Gasteiger partial charge in [-0.05, 0) is 30.4 Å². The van der Waals surface area contributed by atoms with E-state index in [1.165, 1.54) is 23.7 Å². The van der Waals surface area contributed by atoms with Crippen molar-refractivity contribution < 1.29 is 9.90 Å². The zero-order chi connectivity index (χ0) is 13.2. The van der Waals surface area contributed by atoms with E-state index >= 15 is 0 Å². The van der Waals surface area contributed by atoms with E-state index in [0.717, 1.165) is 19.4 Å². The third-order valence-electron chi connectivity index (χ3n) is 3.78. The Morgan fingerprint density at radius 2 is 2.26 bits per heavy atom. The summed E-state index contributed by atoms with van der Waals surface area (Å²) in [6.07, 6.45) is 6.50. The van der Waals surface area contributed by atoms with Crippen molar-refractivity contribution in [3.05, 3.63) is 53.3 Å². The number of hydrogen-bond acceptors (Lipinski definition) is 2. The van der Waals surface area contributed by atoms with E-state index in [2.05, 4.69) is 29.4 Å². The molecule has 4 heteroatoms. The standard InChI is InChI=1S/C15H16N2O2/c18-15(19)13-8-16-17(10-13)9-12-6-3-5-11-4-1-2-7-14(11)12/h1-2,4,7-8,10,12H,3,5-6,9H2,(H,18,19). The number of carboxylic acid groups (broad SMARTS) is 1. The minimum Gasteiger partial charge on any atom is -0.478 e. The molecule has 1 heterocycles.